The van der Waals surface area contributed by atoms with E-state index in [0.29, 0.717) is 12.6 Å². The topological polar surface area (TPSA) is 52.8 Å². The van der Waals surface area contributed by atoms with E-state index in [9.17, 15) is 0 Å². The summed E-state index contributed by atoms with van der Waals surface area (Å²) < 4.78 is 5.43. The third-order valence-corrected chi connectivity index (χ3v) is 3.74. The molecule has 2 rings (SSSR count). The highest BCUT2D eigenvalue weighted by atomic mass is 16.3. The van der Waals surface area contributed by atoms with Crippen molar-refractivity contribution >= 4 is 5.96 Å². The summed E-state index contributed by atoms with van der Waals surface area (Å²) in [6, 6.07) is 12.8. The van der Waals surface area contributed by atoms with E-state index < -0.39 is 0 Å². The van der Waals surface area contributed by atoms with E-state index in [1.165, 1.54) is 11.1 Å². The second kappa shape index (κ2) is 9.89. The predicted octanol–water partition coefficient (Wildman–Crippen LogP) is 3.38. The van der Waals surface area contributed by atoms with Gasteiger partial charge in [-0.05, 0) is 51.1 Å². The van der Waals surface area contributed by atoms with Crippen molar-refractivity contribution in [3.05, 3.63) is 59.5 Å². The number of hydrogen-bond donors (Lipinski definition) is 2. The average molecular weight is 342 g/mol. The lowest BCUT2D eigenvalue weighted by molar-refractivity contribution is 0.287. The highest BCUT2D eigenvalue weighted by molar-refractivity contribution is 5.80. The molecule has 0 aliphatic heterocycles. The smallest absolute Gasteiger partial charge is 0.191 e. The minimum Gasteiger partial charge on any atom is -0.468 e. The van der Waals surface area contributed by atoms with E-state index in [1.54, 1.807) is 6.26 Å². The molecule has 5 heteroatoms. The van der Waals surface area contributed by atoms with Crippen molar-refractivity contribution in [2.45, 2.75) is 46.4 Å². The third-order valence-electron chi connectivity index (χ3n) is 3.74. The Labute approximate surface area is 151 Å². The monoisotopic (exact) mass is 342 g/mol. The van der Waals surface area contributed by atoms with Crippen molar-refractivity contribution in [3.8, 4) is 0 Å². The van der Waals surface area contributed by atoms with Crippen molar-refractivity contribution < 1.29 is 4.42 Å². The van der Waals surface area contributed by atoms with Gasteiger partial charge in [0.05, 0.1) is 19.4 Å². The zero-order chi connectivity index (χ0) is 18.1. The number of furan rings is 1. The van der Waals surface area contributed by atoms with Gasteiger partial charge in [0, 0.05) is 19.1 Å². The Kier molecular flexibility index (Phi) is 7.54. The number of guanidine groups is 1. The highest BCUT2D eigenvalue weighted by Crippen LogP contribution is 2.14. The predicted molar refractivity (Wildman–Crippen MR) is 103 cm³/mol. The van der Waals surface area contributed by atoms with E-state index in [4.69, 9.17) is 9.41 Å². The van der Waals surface area contributed by atoms with Crippen LogP contribution < -0.4 is 10.6 Å². The quantitative estimate of drug-likeness (QED) is 0.570. The fourth-order valence-electron chi connectivity index (χ4n) is 2.64. The molecule has 2 aromatic rings. The van der Waals surface area contributed by atoms with Crippen LogP contribution in [0.4, 0.5) is 0 Å². The van der Waals surface area contributed by atoms with Crippen molar-refractivity contribution in [2.24, 2.45) is 4.99 Å². The summed E-state index contributed by atoms with van der Waals surface area (Å²) in [4.78, 5) is 6.97. The lowest BCUT2D eigenvalue weighted by Gasteiger charge is -2.18. The molecule has 0 atom stereocenters. The molecular weight excluding hydrogens is 312 g/mol. The van der Waals surface area contributed by atoms with Crippen LogP contribution in [0.3, 0.4) is 0 Å². The van der Waals surface area contributed by atoms with E-state index in [1.807, 2.05) is 12.1 Å². The van der Waals surface area contributed by atoms with Crippen LogP contribution in [0, 0.1) is 0 Å². The molecule has 1 aromatic carbocycles. The Morgan fingerprint density at radius 3 is 2.52 bits per heavy atom. The van der Waals surface area contributed by atoms with Gasteiger partial charge in [-0.25, -0.2) is 4.99 Å². The summed E-state index contributed by atoms with van der Waals surface area (Å²) in [5.74, 6) is 1.84. The normalized spacial score (nSPS) is 12.0. The maximum Gasteiger partial charge on any atom is 0.191 e. The van der Waals surface area contributed by atoms with Gasteiger partial charge in [0.2, 0.25) is 0 Å². The molecule has 0 bridgehead atoms. The third kappa shape index (κ3) is 6.63. The molecule has 0 aliphatic carbocycles. The lowest BCUT2D eigenvalue weighted by Crippen LogP contribution is -2.41. The number of aliphatic imine (C=N–C) groups is 1. The Morgan fingerprint density at radius 2 is 1.88 bits per heavy atom. The van der Waals surface area contributed by atoms with Gasteiger partial charge in [0.1, 0.15) is 5.76 Å². The minimum atomic E-state index is 0.354. The van der Waals surface area contributed by atoms with Gasteiger partial charge in [-0.15, -0.1) is 0 Å². The standard InChI is InChI=1S/C20H30N4O/c1-5-21-20(23-16(2)3)22-13-17-9-6-7-10-18(17)14-24(4)15-19-11-8-12-25-19/h6-12,16H,5,13-15H2,1-4H3,(H2,21,22,23). The Bertz CT molecular complexity index is 649. The van der Waals surface area contributed by atoms with Crippen molar-refractivity contribution in [2.75, 3.05) is 13.6 Å². The van der Waals surface area contributed by atoms with Crippen LogP contribution in [0.5, 0.6) is 0 Å². The molecule has 0 fully saturated rings. The first-order valence-corrected chi connectivity index (χ1v) is 8.91. The zero-order valence-electron chi connectivity index (χ0n) is 15.7. The summed E-state index contributed by atoms with van der Waals surface area (Å²) in [6.07, 6.45) is 1.72. The fourth-order valence-corrected chi connectivity index (χ4v) is 2.64. The molecule has 136 valence electrons. The van der Waals surface area contributed by atoms with Crippen molar-refractivity contribution in [1.29, 1.82) is 0 Å². The molecule has 0 radical (unpaired) electrons. The molecule has 0 aliphatic rings. The molecule has 0 spiro atoms. The second-order valence-corrected chi connectivity index (χ2v) is 6.51. The summed E-state index contributed by atoms with van der Waals surface area (Å²) in [6.45, 7) is 9.48. The largest absolute Gasteiger partial charge is 0.468 e. The summed E-state index contributed by atoms with van der Waals surface area (Å²) in [5.41, 5.74) is 2.54. The van der Waals surface area contributed by atoms with Gasteiger partial charge in [-0.2, -0.15) is 0 Å². The van der Waals surface area contributed by atoms with E-state index in [0.717, 1.165) is 31.4 Å². The van der Waals surface area contributed by atoms with E-state index in [2.05, 4.69) is 67.6 Å². The van der Waals surface area contributed by atoms with Gasteiger partial charge in [-0.1, -0.05) is 24.3 Å². The molecule has 2 N–H and O–H groups in total. The van der Waals surface area contributed by atoms with Gasteiger partial charge in [-0.3, -0.25) is 4.90 Å². The molecule has 1 aromatic heterocycles. The first kappa shape index (κ1) is 19.1. The van der Waals surface area contributed by atoms with Crippen LogP contribution in [0.25, 0.3) is 0 Å². The first-order chi connectivity index (χ1) is 12.1. The number of nitrogens with zero attached hydrogens (tertiary/aromatic N) is 2. The SMILES string of the molecule is CCNC(=NCc1ccccc1CN(C)Cc1ccco1)NC(C)C. The average Bonchev–Trinajstić information content (AvgIpc) is 3.06. The number of rotatable bonds is 8. The van der Waals surface area contributed by atoms with Crippen LogP contribution in [-0.4, -0.2) is 30.5 Å². The molecule has 0 unspecified atom stereocenters. The van der Waals surface area contributed by atoms with Gasteiger partial charge < -0.3 is 15.1 Å². The van der Waals surface area contributed by atoms with E-state index >= 15 is 0 Å². The summed E-state index contributed by atoms with van der Waals surface area (Å²) in [5, 5.41) is 6.65. The lowest BCUT2D eigenvalue weighted by atomic mass is 10.1. The fraction of sp³-hybridized carbons (Fsp3) is 0.450. The van der Waals surface area contributed by atoms with Gasteiger partial charge in [0.15, 0.2) is 5.96 Å². The number of hydrogen-bond acceptors (Lipinski definition) is 3. The Hall–Kier alpha value is -2.27. The Morgan fingerprint density at radius 1 is 1.12 bits per heavy atom. The molecular formula is C20H30N4O. The zero-order valence-corrected chi connectivity index (χ0v) is 15.7. The maximum absolute atomic E-state index is 5.43. The van der Waals surface area contributed by atoms with Crippen LogP contribution in [-0.2, 0) is 19.6 Å². The van der Waals surface area contributed by atoms with Crippen molar-refractivity contribution in [3.63, 3.8) is 0 Å². The number of benzene rings is 1. The second-order valence-electron chi connectivity index (χ2n) is 6.51. The van der Waals surface area contributed by atoms with Crippen LogP contribution >= 0.6 is 0 Å². The first-order valence-electron chi connectivity index (χ1n) is 8.91. The number of nitrogens with one attached hydrogen (secondary N) is 2. The Balaban J connectivity index is 2.03. The molecule has 5 nitrogen and oxygen atoms in total. The molecule has 0 amide bonds. The van der Waals surface area contributed by atoms with Gasteiger partial charge in [0.25, 0.3) is 0 Å². The van der Waals surface area contributed by atoms with Gasteiger partial charge >= 0.3 is 0 Å². The summed E-state index contributed by atoms with van der Waals surface area (Å²) in [7, 11) is 2.10. The van der Waals surface area contributed by atoms with Crippen LogP contribution in [0.1, 0.15) is 37.7 Å². The van der Waals surface area contributed by atoms with Crippen LogP contribution in [0.2, 0.25) is 0 Å². The minimum absolute atomic E-state index is 0.354. The molecule has 0 saturated heterocycles. The van der Waals surface area contributed by atoms with E-state index in [-0.39, 0.29) is 0 Å². The van der Waals surface area contributed by atoms with Crippen LogP contribution in [0.15, 0.2) is 52.1 Å². The molecule has 0 saturated carbocycles. The summed E-state index contributed by atoms with van der Waals surface area (Å²) >= 11 is 0. The molecule has 1 heterocycles. The maximum atomic E-state index is 5.43. The molecule has 25 heavy (non-hydrogen) atoms. The van der Waals surface area contributed by atoms with Crippen molar-refractivity contribution in [1.82, 2.24) is 15.5 Å². The highest BCUT2D eigenvalue weighted by Gasteiger charge is 2.08.